The van der Waals surface area contributed by atoms with Gasteiger partial charge in [-0.1, -0.05) is 27.5 Å². The zero-order valence-corrected chi connectivity index (χ0v) is 15.4. The summed E-state index contributed by atoms with van der Waals surface area (Å²) >= 11 is 9.27. The summed E-state index contributed by atoms with van der Waals surface area (Å²) in [7, 11) is 1.46. The van der Waals surface area contributed by atoms with Crippen LogP contribution in [0.4, 0.5) is 0 Å². The molecule has 0 bridgehead atoms. The minimum Gasteiger partial charge on any atom is -0.496 e. The lowest BCUT2D eigenvalue weighted by molar-refractivity contribution is 0.0435. The van der Waals surface area contributed by atoms with E-state index in [1.807, 2.05) is 24.3 Å². The van der Waals surface area contributed by atoms with Crippen LogP contribution in [0.25, 0.3) is 11.5 Å². The molecule has 0 aliphatic carbocycles. The molecule has 1 heterocycles. The number of hydrogen-bond acceptors (Lipinski definition) is 6. The number of hydrogen-bond donors (Lipinski definition) is 0. The fourth-order valence-corrected chi connectivity index (χ4v) is 2.50. The molecule has 3 aromatic rings. The Morgan fingerprint density at radius 2 is 1.96 bits per heavy atom. The topological polar surface area (TPSA) is 74.5 Å². The van der Waals surface area contributed by atoms with Crippen LogP contribution < -0.4 is 4.74 Å². The van der Waals surface area contributed by atoms with Gasteiger partial charge in [-0.05, 0) is 42.5 Å². The predicted octanol–water partition coefficient (Wildman–Crippen LogP) is 4.52. The molecule has 0 fully saturated rings. The molecule has 0 saturated heterocycles. The summed E-state index contributed by atoms with van der Waals surface area (Å²) in [4.78, 5) is 12.2. The fraction of sp³-hybridized carbons (Fsp3) is 0.118. The molecule has 2 aromatic carbocycles. The van der Waals surface area contributed by atoms with Gasteiger partial charge in [0.1, 0.15) is 11.3 Å². The average molecular weight is 424 g/mol. The van der Waals surface area contributed by atoms with E-state index >= 15 is 0 Å². The summed E-state index contributed by atoms with van der Waals surface area (Å²) < 4.78 is 16.8. The summed E-state index contributed by atoms with van der Waals surface area (Å²) in [5.41, 5.74) is 0.993. The van der Waals surface area contributed by atoms with Crippen molar-refractivity contribution in [3.8, 4) is 17.2 Å². The third-order valence-corrected chi connectivity index (χ3v) is 4.03. The van der Waals surface area contributed by atoms with Crippen molar-refractivity contribution < 1.29 is 18.7 Å². The van der Waals surface area contributed by atoms with Crippen molar-refractivity contribution >= 4 is 33.5 Å². The fourth-order valence-electron chi connectivity index (χ4n) is 2.07. The molecule has 0 spiro atoms. The lowest BCUT2D eigenvalue weighted by Gasteiger charge is -2.07. The molecule has 0 amide bonds. The highest BCUT2D eigenvalue weighted by Crippen LogP contribution is 2.24. The van der Waals surface area contributed by atoms with Gasteiger partial charge in [-0.3, -0.25) is 0 Å². The summed E-state index contributed by atoms with van der Waals surface area (Å²) in [6, 6.07) is 12.1. The zero-order valence-electron chi connectivity index (χ0n) is 13.0. The van der Waals surface area contributed by atoms with Crippen molar-refractivity contribution in [3.05, 3.63) is 63.4 Å². The second kappa shape index (κ2) is 7.67. The molecule has 0 aliphatic rings. The number of methoxy groups -OCH3 is 1. The number of carbonyl (C=O) groups is 1. The van der Waals surface area contributed by atoms with E-state index in [0.29, 0.717) is 16.7 Å². The van der Waals surface area contributed by atoms with Crippen LogP contribution in [0, 0.1) is 0 Å². The standard InChI is InChI=1S/C17H12BrClN2O4/c1-23-14-7-6-12(19)8-13(14)17(22)24-9-15-20-21-16(25-15)10-2-4-11(18)5-3-10/h2-8H,9H2,1H3. The highest BCUT2D eigenvalue weighted by atomic mass is 79.9. The van der Waals surface area contributed by atoms with Crippen molar-refractivity contribution in [2.24, 2.45) is 0 Å². The first-order valence-corrected chi connectivity index (χ1v) is 8.33. The van der Waals surface area contributed by atoms with Gasteiger partial charge in [0.25, 0.3) is 5.89 Å². The largest absolute Gasteiger partial charge is 0.496 e. The second-order valence-electron chi connectivity index (χ2n) is 4.93. The van der Waals surface area contributed by atoms with Crippen molar-refractivity contribution in [3.63, 3.8) is 0 Å². The predicted molar refractivity (Wildman–Crippen MR) is 94.6 cm³/mol. The number of esters is 1. The Labute approximate surface area is 156 Å². The highest BCUT2D eigenvalue weighted by molar-refractivity contribution is 9.10. The zero-order chi connectivity index (χ0) is 17.8. The smallest absolute Gasteiger partial charge is 0.342 e. The summed E-state index contributed by atoms with van der Waals surface area (Å²) in [5, 5.41) is 8.23. The molecule has 1 aromatic heterocycles. The lowest BCUT2D eigenvalue weighted by Crippen LogP contribution is -2.07. The van der Waals surface area contributed by atoms with Crippen LogP contribution in [0.3, 0.4) is 0 Å². The van der Waals surface area contributed by atoms with E-state index in [0.717, 1.165) is 10.0 Å². The van der Waals surface area contributed by atoms with Gasteiger partial charge in [0.05, 0.1) is 7.11 Å². The molecule has 3 rings (SSSR count). The minimum absolute atomic E-state index is 0.155. The van der Waals surface area contributed by atoms with Gasteiger partial charge < -0.3 is 13.9 Å². The number of ether oxygens (including phenoxy) is 2. The van der Waals surface area contributed by atoms with Crippen LogP contribution in [-0.4, -0.2) is 23.3 Å². The van der Waals surface area contributed by atoms with Gasteiger partial charge in [0.2, 0.25) is 5.89 Å². The molecule has 0 saturated carbocycles. The first-order valence-electron chi connectivity index (χ1n) is 7.16. The Kier molecular flexibility index (Phi) is 5.35. The van der Waals surface area contributed by atoms with Crippen molar-refractivity contribution in [1.82, 2.24) is 10.2 Å². The first kappa shape index (κ1) is 17.4. The monoisotopic (exact) mass is 422 g/mol. The molecule has 6 nitrogen and oxygen atoms in total. The molecular formula is C17H12BrClN2O4. The van der Waals surface area contributed by atoms with Crippen LogP contribution in [0.5, 0.6) is 5.75 Å². The molecule has 0 unspecified atom stereocenters. The first-order chi connectivity index (χ1) is 12.1. The van der Waals surface area contributed by atoms with Crippen LogP contribution in [0.2, 0.25) is 5.02 Å². The summed E-state index contributed by atoms with van der Waals surface area (Å²) in [5.74, 6) is 0.310. The number of rotatable bonds is 5. The highest BCUT2D eigenvalue weighted by Gasteiger charge is 2.16. The van der Waals surface area contributed by atoms with Crippen molar-refractivity contribution in [1.29, 1.82) is 0 Å². The molecular weight excluding hydrogens is 412 g/mol. The van der Waals surface area contributed by atoms with Gasteiger partial charge in [-0.15, -0.1) is 10.2 Å². The van der Waals surface area contributed by atoms with Gasteiger partial charge in [0.15, 0.2) is 6.61 Å². The molecule has 0 radical (unpaired) electrons. The van der Waals surface area contributed by atoms with Gasteiger partial charge in [0, 0.05) is 15.1 Å². The lowest BCUT2D eigenvalue weighted by atomic mass is 10.2. The van der Waals surface area contributed by atoms with E-state index in [9.17, 15) is 4.79 Å². The van der Waals surface area contributed by atoms with Gasteiger partial charge >= 0.3 is 5.97 Å². The van der Waals surface area contributed by atoms with E-state index in [1.165, 1.54) is 13.2 Å². The normalized spacial score (nSPS) is 10.5. The Balaban J connectivity index is 1.69. The molecule has 8 heteroatoms. The SMILES string of the molecule is COc1ccc(Cl)cc1C(=O)OCc1nnc(-c2ccc(Br)cc2)o1. The van der Waals surface area contributed by atoms with Crippen molar-refractivity contribution in [2.45, 2.75) is 6.61 Å². The molecule has 128 valence electrons. The number of benzene rings is 2. The number of nitrogens with zero attached hydrogens (tertiary/aromatic N) is 2. The molecule has 0 N–H and O–H groups in total. The van der Waals surface area contributed by atoms with Crippen LogP contribution in [0.15, 0.2) is 51.4 Å². The van der Waals surface area contributed by atoms with Gasteiger partial charge in [-0.2, -0.15) is 0 Å². The molecule has 0 aliphatic heterocycles. The number of aromatic nitrogens is 2. The van der Waals surface area contributed by atoms with E-state index in [2.05, 4.69) is 26.1 Å². The Morgan fingerprint density at radius 1 is 1.20 bits per heavy atom. The van der Waals surface area contributed by atoms with Crippen LogP contribution in [-0.2, 0) is 11.3 Å². The summed E-state index contributed by atoms with van der Waals surface area (Å²) in [6.07, 6.45) is 0. The maximum atomic E-state index is 12.2. The third kappa shape index (κ3) is 4.18. The van der Waals surface area contributed by atoms with E-state index < -0.39 is 5.97 Å². The Bertz CT molecular complexity index is 896. The van der Waals surface area contributed by atoms with Crippen LogP contribution in [0.1, 0.15) is 16.2 Å². The van der Waals surface area contributed by atoms with Gasteiger partial charge in [-0.25, -0.2) is 4.79 Å². The van der Waals surface area contributed by atoms with E-state index in [-0.39, 0.29) is 18.1 Å². The second-order valence-corrected chi connectivity index (χ2v) is 6.28. The number of carbonyl (C=O) groups excluding carboxylic acids is 1. The minimum atomic E-state index is -0.595. The van der Waals surface area contributed by atoms with E-state index in [4.69, 9.17) is 25.5 Å². The number of halogens is 2. The maximum absolute atomic E-state index is 12.2. The quantitative estimate of drug-likeness (QED) is 0.562. The Hall–Kier alpha value is -2.38. The van der Waals surface area contributed by atoms with Crippen molar-refractivity contribution in [2.75, 3.05) is 7.11 Å². The molecule has 0 atom stereocenters. The van der Waals surface area contributed by atoms with Crippen LogP contribution >= 0.6 is 27.5 Å². The summed E-state index contributed by atoms with van der Waals surface area (Å²) in [6.45, 7) is -0.155. The molecule has 25 heavy (non-hydrogen) atoms. The van der Waals surface area contributed by atoms with E-state index in [1.54, 1.807) is 12.1 Å². The third-order valence-electron chi connectivity index (χ3n) is 3.27. The Morgan fingerprint density at radius 3 is 2.68 bits per heavy atom. The average Bonchev–Trinajstić information content (AvgIpc) is 3.09. The maximum Gasteiger partial charge on any atom is 0.342 e.